The number of aromatic amines is 1. The minimum absolute atomic E-state index is 0.390. The number of aromatic nitrogens is 2. The second-order valence-corrected chi connectivity index (χ2v) is 5.54. The molecule has 6 nitrogen and oxygen atoms in total. The number of benzene rings is 2. The van der Waals surface area contributed by atoms with E-state index in [1.54, 1.807) is 24.5 Å². The number of nitrogens with zero attached hydrogens (tertiary/aromatic N) is 1. The van der Waals surface area contributed by atoms with Crippen LogP contribution in [0.2, 0.25) is 0 Å². The van der Waals surface area contributed by atoms with Gasteiger partial charge >= 0.3 is 0 Å². The lowest BCUT2D eigenvalue weighted by atomic mass is 10.1. The van der Waals surface area contributed by atoms with Crippen molar-refractivity contribution in [3.63, 3.8) is 0 Å². The van der Waals surface area contributed by atoms with Gasteiger partial charge in [0.15, 0.2) is 0 Å². The molecule has 0 bridgehead atoms. The number of pyridine rings is 1. The van der Waals surface area contributed by atoms with Gasteiger partial charge in [0.05, 0.1) is 16.6 Å². The molecular weight excluding hydrogens is 316 g/mol. The summed E-state index contributed by atoms with van der Waals surface area (Å²) >= 11 is 0. The van der Waals surface area contributed by atoms with E-state index in [0.717, 1.165) is 16.3 Å². The van der Waals surface area contributed by atoms with E-state index in [1.165, 1.54) is 0 Å². The Morgan fingerprint density at radius 3 is 2.48 bits per heavy atom. The van der Waals surface area contributed by atoms with E-state index >= 15 is 0 Å². The van der Waals surface area contributed by atoms with Crippen LogP contribution < -0.4 is 10.9 Å². The Bertz CT molecular complexity index is 1100. The zero-order valence-corrected chi connectivity index (χ0v) is 13.1. The molecule has 0 unspecified atom stereocenters. The Morgan fingerprint density at radius 2 is 1.60 bits per heavy atom. The number of amides is 2. The summed E-state index contributed by atoms with van der Waals surface area (Å²) in [4.78, 5) is 32.1. The third-order valence-corrected chi connectivity index (χ3v) is 4.00. The first-order chi connectivity index (χ1) is 12.2. The molecule has 0 saturated carbocycles. The highest BCUT2D eigenvalue weighted by Crippen LogP contribution is 2.18. The van der Waals surface area contributed by atoms with Crippen molar-refractivity contribution in [1.29, 1.82) is 0 Å². The van der Waals surface area contributed by atoms with E-state index in [2.05, 4.69) is 20.8 Å². The van der Waals surface area contributed by atoms with Crippen LogP contribution in [0.15, 0.2) is 67.0 Å². The number of nitrogens with one attached hydrogen (secondary N) is 3. The summed E-state index contributed by atoms with van der Waals surface area (Å²) in [6.07, 6.45) is 3.25. The van der Waals surface area contributed by atoms with Crippen LogP contribution in [0.25, 0.3) is 21.8 Å². The maximum Gasteiger partial charge on any atom is 0.271 e. The van der Waals surface area contributed by atoms with Gasteiger partial charge < -0.3 is 4.98 Å². The molecule has 25 heavy (non-hydrogen) atoms. The number of hydrogen-bond donors (Lipinski definition) is 3. The summed E-state index contributed by atoms with van der Waals surface area (Å²) in [7, 11) is 0. The lowest BCUT2D eigenvalue weighted by molar-refractivity contribution is 0.0848. The van der Waals surface area contributed by atoms with Crippen LogP contribution in [0.5, 0.6) is 0 Å². The van der Waals surface area contributed by atoms with Crippen molar-refractivity contribution < 1.29 is 9.59 Å². The molecule has 4 aromatic rings. The van der Waals surface area contributed by atoms with E-state index in [-0.39, 0.29) is 5.91 Å². The summed E-state index contributed by atoms with van der Waals surface area (Å²) in [5.74, 6) is -0.809. The maximum atomic E-state index is 12.4. The topological polar surface area (TPSA) is 86.9 Å². The van der Waals surface area contributed by atoms with Crippen LogP contribution >= 0.6 is 0 Å². The Balaban J connectivity index is 1.54. The van der Waals surface area contributed by atoms with Gasteiger partial charge in [-0.05, 0) is 18.2 Å². The smallest absolute Gasteiger partial charge is 0.271 e. The molecule has 0 aliphatic heterocycles. The lowest BCUT2D eigenvalue weighted by Gasteiger charge is -2.08. The molecule has 2 amide bonds. The highest BCUT2D eigenvalue weighted by molar-refractivity contribution is 6.09. The standard InChI is InChI=1S/C19H14N4O2/c24-18(14-8-3-5-12-6-4-10-20-17(12)14)22-23-19(25)15-11-21-16-9-2-1-7-13(15)16/h1-11,21H,(H,22,24)(H,23,25). The highest BCUT2D eigenvalue weighted by atomic mass is 16.2. The van der Waals surface area contributed by atoms with Crippen molar-refractivity contribution >= 4 is 33.6 Å². The first kappa shape index (κ1) is 14.9. The molecule has 0 aliphatic carbocycles. The van der Waals surface area contributed by atoms with Gasteiger partial charge in [0.1, 0.15) is 0 Å². The van der Waals surface area contributed by atoms with Crippen molar-refractivity contribution in [1.82, 2.24) is 20.8 Å². The number of H-pyrrole nitrogens is 1. The van der Waals surface area contributed by atoms with Gasteiger partial charge in [-0.25, -0.2) is 0 Å². The number of hydrazine groups is 1. The monoisotopic (exact) mass is 330 g/mol. The summed E-state index contributed by atoms with van der Waals surface area (Å²) in [6, 6.07) is 16.5. The minimum Gasteiger partial charge on any atom is -0.360 e. The summed E-state index contributed by atoms with van der Waals surface area (Å²) < 4.78 is 0. The van der Waals surface area contributed by atoms with Gasteiger partial charge in [-0.3, -0.25) is 25.4 Å². The van der Waals surface area contributed by atoms with E-state index in [9.17, 15) is 9.59 Å². The maximum absolute atomic E-state index is 12.4. The molecule has 2 aromatic heterocycles. The summed E-state index contributed by atoms with van der Waals surface area (Å²) in [6.45, 7) is 0. The fourth-order valence-corrected chi connectivity index (χ4v) is 2.80. The van der Waals surface area contributed by atoms with Gasteiger partial charge in [0, 0.05) is 28.7 Å². The largest absolute Gasteiger partial charge is 0.360 e. The van der Waals surface area contributed by atoms with Crippen LogP contribution in [-0.2, 0) is 0 Å². The zero-order chi connectivity index (χ0) is 17.2. The molecule has 0 aliphatic rings. The van der Waals surface area contributed by atoms with Crippen molar-refractivity contribution in [2.45, 2.75) is 0 Å². The van der Waals surface area contributed by atoms with Gasteiger partial charge in [0.25, 0.3) is 11.8 Å². The molecule has 0 atom stereocenters. The van der Waals surface area contributed by atoms with Gasteiger partial charge in [-0.1, -0.05) is 36.4 Å². The molecule has 6 heteroatoms. The molecule has 3 N–H and O–H groups in total. The number of rotatable bonds is 2. The van der Waals surface area contributed by atoms with Gasteiger partial charge in [0.2, 0.25) is 0 Å². The van der Waals surface area contributed by atoms with Crippen molar-refractivity contribution in [2.24, 2.45) is 0 Å². The molecule has 4 rings (SSSR count). The van der Waals surface area contributed by atoms with E-state index < -0.39 is 5.91 Å². The SMILES string of the molecule is O=C(NNC(=O)c1cccc2cccnc12)c1c[nH]c2ccccc12. The predicted octanol–water partition coefficient (Wildman–Crippen LogP) is 2.79. The zero-order valence-electron chi connectivity index (χ0n) is 13.1. The summed E-state index contributed by atoms with van der Waals surface area (Å²) in [5, 5.41) is 1.65. The average molecular weight is 330 g/mol. The molecule has 122 valence electrons. The second-order valence-electron chi connectivity index (χ2n) is 5.54. The van der Waals surface area contributed by atoms with Crippen molar-refractivity contribution in [3.8, 4) is 0 Å². The predicted molar refractivity (Wildman–Crippen MR) is 95.0 cm³/mol. The number of carbonyl (C=O) groups is 2. The third-order valence-electron chi connectivity index (χ3n) is 4.00. The van der Waals surface area contributed by atoms with Crippen LogP contribution in [0.1, 0.15) is 20.7 Å². The highest BCUT2D eigenvalue weighted by Gasteiger charge is 2.14. The average Bonchev–Trinajstić information content (AvgIpc) is 3.09. The van der Waals surface area contributed by atoms with E-state index in [4.69, 9.17) is 0 Å². The number of para-hydroxylation sites is 2. The lowest BCUT2D eigenvalue weighted by Crippen LogP contribution is -2.41. The van der Waals surface area contributed by atoms with Crippen LogP contribution in [0.3, 0.4) is 0 Å². The minimum atomic E-state index is -0.419. The van der Waals surface area contributed by atoms with Crippen LogP contribution in [-0.4, -0.2) is 21.8 Å². The van der Waals surface area contributed by atoms with Crippen molar-refractivity contribution in [2.75, 3.05) is 0 Å². The summed E-state index contributed by atoms with van der Waals surface area (Å²) in [5.41, 5.74) is 7.22. The van der Waals surface area contributed by atoms with Crippen molar-refractivity contribution in [3.05, 3.63) is 78.1 Å². The van der Waals surface area contributed by atoms with Crippen LogP contribution in [0, 0.1) is 0 Å². The molecule has 0 radical (unpaired) electrons. The Kier molecular flexibility index (Phi) is 3.63. The third kappa shape index (κ3) is 2.70. The number of hydrogen-bond acceptors (Lipinski definition) is 3. The fraction of sp³-hybridized carbons (Fsp3) is 0. The second kappa shape index (κ2) is 6.09. The molecule has 2 aromatic carbocycles. The Hall–Kier alpha value is -3.67. The Morgan fingerprint density at radius 1 is 0.840 bits per heavy atom. The molecular formula is C19H14N4O2. The molecule has 0 fully saturated rings. The quantitative estimate of drug-likeness (QED) is 0.494. The molecule has 0 saturated heterocycles. The van der Waals surface area contributed by atoms with Gasteiger partial charge in [-0.15, -0.1) is 0 Å². The fourth-order valence-electron chi connectivity index (χ4n) is 2.80. The van der Waals surface area contributed by atoms with Gasteiger partial charge in [-0.2, -0.15) is 0 Å². The normalized spacial score (nSPS) is 10.7. The van der Waals surface area contributed by atoms with E-state index in [1.807, 2.05) is 42.5 Å². The molecule has 2 heterocycles. The van der Waals surface area contributed by atoms with Crippen LogP contribution in [0.4, 0.5) is 0 Å². The number of fused-ring (bicyclic) bond motifs is 2. The number of carbonyl (C=O) groups excluding carboxylic acids is 2. The first-order valence-electron chi connectivity index (χ1n) is 7.74. The first-order valence-corrected chi connectivity index (χ1v) is 7.74. The molecule has 0 spiro atoms. The van der Waals surface area contributed by atoms with E-state index in [0.29, 0.717) is 16.6 Å². The Labute approximate surface area is 142 Å².